The molecule has 1 unspecified atom stereocenters. The third kappa shape index (κ3) is 4.50. The Labute approximate surface area is 155 Å². The number of likely N-dealkylation sites (tertiary alicyclic amines) is 1. The fourth-order valence-corrected chi connectivity index (χ4v) is 3.66. The van der Waals surface area contributed by atoms with Gasteiger partial charge in [0.2, 0.25) is 5.91 Å². The van der Waals surface area contributed by atoms with Crippen LogP contribution in [0.15, 0.2) is 54.6 Å². The fraction of sp³-hybridized carbons (Fsp3) is 0.409. The van der Waals surface area contributed by atoms with Crippen molar-refractivity contribution in [2.75, 3.05) is 13.1 Å². The van der Waals surface area contributed by atoms with Crippen LogP contribution in [0.4, 0.5) is 4.39 Å². The standard InChI is InChI=1S/C22H27FN2O/c1-2-20(17-8-4-3-5-9-17)22(26)25-14-12-19(13-15-25)24-16-18-10-6-7-11-21(18)23/h3-11,19-20,24H,2,12-16H2,1H3. The zero-order valence-electron chi connectivity index (χ0n) is 15.3. The summed E-state index contributed by atoms with van der Waals surface area (Å²) in [6.07, 6.45) is 2.63. The average Bonchev–Trinajstić information content (AvgIpc) is 2.69. The first kappa shape index (κ1) is 18.6. The van der Waals surface area contributed by atoms with Crippen LogP contribution >= 0.6 is 0 Å². The number of amides is 1. The monoisotopic (exact) mass is 354 g/mol. The molecule has 0 radical (unpaired) electrons. The maximum atomic E-state index is 13.7. The second-order valence-corrected chi connectivity index (χ2v) is 6.94. The molecule has 3 rings (SSSR count). The predicted octanol–water partition coefficient (Wildman–Crippen LogP) is 4.10. The van der Waals surface area contributed by atoms with Gasteiger partial charge in [-0.25, -0.2) is 4.39 Å². The van der Waals surface area contributed by atoms with Crippen molar-refractivity contribution in [3.8, 4) is 0 Å². The number of nitrogens with one attached hydrogen (secondary N) is 1. The lowest BCUT2D eigenvalue weighted by molar-refractivity contribution is -0.134. The Balaban J connectivity index is 1.51. The van der Waals surface area contributed by atoms with Gasteiger partial charge in [-0.15, -0.1) is 0 Å². The summed E-state index contributed by atoms with van der Waals surface area (Å²) in [6.45, 7) is 4.12. The van der Waals surface area contributed by atoms with E-state index in [9.17, 15) is 9.18 Å². The molecule has 1 heterocycles. The van der Waals surface area contributed by atoms with E-state index in [0.29, 0.717) is 18.2 Å². The van der Waals surface area contributed by atoms with Gasteiger partial charge in [0.15, 0.2) is 0 Å². The van der Waals surface area contributed by atoms with Gasteiger partial charge in [-0.2, -0.15) is 0 Å². The van der Waals surface area contributed by atoms with E-state index in [4.69, 9.17) is 0 Å². The molecule has 1 saturated heterocycles. The summed E-state index contributed by atoms with van der Waals surface area (Å²) in [6, 6.07) is 17.2. The molecule has 0 spiro atoms. The summed E-state index contributed by atoms with van der Waals surface area (Å²) in [4.78, 5) is 14.9. The zero-order valence-corrected chi connectivity index (χ0v) is 15.3. The topological polar surface area (TPSA) is 32.3 Å². The Kier molecular flexibility index (Phi) is 6.40. The molecule has 4 heteroatoms. The summed E-state index contributed by atoms with van der Waals surface area (Å²) in [5.74, 6) is 0.00615. The zero-order chi connectivity index (χ0) is 18.4. The lowest BCUT2D eigenvalue weighted by Gasteiger charge is -2.34. The molecule has 1 atom stereocenters. The predicted molar refractivity (Wildman–Crippen MR) is 102 cm³/mol. The van der Waals surface area contributed by atoms with Crippen LogP contribution in [0.3, 0.4) is 0 Å². The molecule has 26 heavy (non-hydrogen) atoms. The van der Waals surface area contributed by atoms with Crippen LogP contribution in [0.1, 0.15) is 43.2 Å². The number of benzene rings is 2. The van der Waals surface area contributed by atoms with E-state index in [2.05, 4.69) is 12.2 Å². The highest BCUT2D eigenvalue weighted by Crippen LogP contribution is 2.24. The molecule has 1 aliphatic heterocycles. The number of hydrogen-bond acceptors (Lipinski definition) is 2. The van der Waals surface area contributed by atoms with Gasteiger partial charge >= 0.3 is 0 Å². The van der Waals surface area contributed by atoms with Crippen molar-refractivity contribution in [1.29, 1.82) is 0 Å². The minimum Gasteiger partial charge on any atom is -0.342 e. The van der Waals surface area contributed by atoms with Crippen molar-refractivity contribution in [1.82, 2.24) is 10.2 Å². The minimum absolute atomic E-state index is 0.0564. The molecular formula is C22H27FN2O. The Morgan fingerprint density at radius 1 is 1.12 bits per heavy atom. The summed E-state index contributed by atoms with van der Waals surface area (Å²) >= 11 is 0. The van der Waals surface area contributed by atoms with E-state index >= 15 is 0 Å². The smallest absolute Gasteiger partial charge is 0.230 e. The molecule has 1 amide bonds. The molecule has 0 saturated carbocycles. The minimum atomic E-state index is -0.165. The van der Waals surface area contributed by atoms with Crippen LogP contribution in [-0.2, 0) is 11.3 Å². The van der Waals surface area contributed by atoms with E-state index < -0.39 is 0 Å². The molecule has 138 valence electrons. The molecule has 1 aliphatic rings. The highest BCUT2D eigenvalue weighted by molar-refractivity contribution is 5.83. The van der Waals surface area contributed by atoms with Crippen LogP contribution < -0.4 is 5.32 Å². The van der Waals surface area contributed by atoms with Crippen molar-refractivity contribution in [2.24, 2.45) is 0 Å². The lowest BCUT2D eigenvalue weighted by Crippen LogP contribution is -2.46. The first-order valence-electron chi connectivity index (χ1n) is 9.49. The highest BCUT2D eigenvalue weighted by Gasteiger charge is 2.28. The van der Waals surface area contributed by atoms with Gasteiger partial charge in [0, 0.05) is 31.2 Å². The molecule has 1 fully saturated rings. The van der Waals surface area contributed by atoms with Gasteiger partial charge in [-0.1, -0.05) is 55.5 Å². The van der Waals surface area contributed by atoms with Gasteiger partial charge in [-0.05, 0) is 30.9 Å². The molecule has 0 bridgehead atoms. The maximum absolute atomic E-state index is 13.7. The molecule has 1 N–H and O–H groups in total. The summed E-state index contributed by atoms with van der Waals surface area (Å²) < 4.78 is 13.7. The van der Waals surface area contributed by atoms with Crippen molar-refractivity contribution in [3.05, 3.63) is 71.5 Å². The van der Waals surface area contributed by atoms with Gasteiger partial charge < -0.3 is 10.2 Å². The van der Waals surface area contributed by atoms with Crippen molar-refractivity contribution < 1.29 is 9.18 Å². The molecule has 0 aromatic heterocycles. The summed E-state index contributed by atoms with van der Waals surface area (Å²) in [5.41, 5.74) is 1.79. The Morgan fingerprint density at radius 3 is 2.42 bits per heavy atom. The van der Waals surface area contributed by atoms with E-state index in [0.717, 1.165) is 37.9 Å². The van der Waals surface area contributed by atoms with Gasteiger partial charge in [0.05, 0.1) is 5.92 Å². The van der Waals surface area contributed by atoms with Gasteiger partial charge in [0.25, 0.3) is 0 Å². The van der Waals surface area contributed by atoms with Crippen LogP contribution in [0.2, 0.25) is 0 Å². The normalized spacial score (nSPS) is 16.5. The summed E-state index contributed by atoms with van der Waals surface area (Å²) in [7, 11) is 0. The Hall–Kier alpha value is -2.20. The van der Waals surface area contributed by atoms with Gasteiger partial charge in [-0.3, -0.25) is 4.79 Å². The lowest BCUT2D eigenvalue weighted by atomic mass is 9.93. The second kappa shape index (κ2) is 8.95. The number of halogens is 1. The number of piperidine rings is 1. The Morgan fingerprint density at radius 2 is 1.77 bits per heavy atom. The first-order valence-corrected chi connectivity index (χ1v) is 9.49. The SMILES string of the molecule is CCC(C(=O)N1CCC(NCc2ccccc2F)CC1)c1ccccc1. The molecule has 2 aromatic rings. The van der Waals surface area contributed by atoms with Crippen molar-refractivity contribution >= 4 is 5.91 Å². The molecule has 3 nitrogen and oxygen atoms in total. The molecule has 0 aliphatic carbocycles. The summed E-state index contributed by atoms with van der Waals surface area (Å²) in [5, 5.41) is 3.44. The van der Waals surface area contributed by atoms with Crippen molar-refractivity contribution in [3.63, 3.8) is 0 Å². The number of carbonyl (C=O) groups excluding carboxylic acids is 1. The van der Waals surface area contributed by atoms with Crippen LogP contribution in [0, 0.1) is 5.82 Å². The van der Waals surface area contributed by atoms with Crippen LogP contribution in [-0.4, -0.2) is 29.9 Å². The number of carbonyl (C=O) groups is 1. The first-order chi connectivity index (χ1) is 12.7. The number of hydrogen-bond donors (Lipinski definition) is 1. The van der Waals surface area contributed by atoms with E-state index in [1.165, 1.54) is 6.07 Å². The maximum Gasteiger partial charge on any atom is 0.230 e. The average molecular weight is 354 g/mol. The van der Waals surface area contributed by atoms with Gasteiger partial charge in [0.1, 0.15) is 5.82 Å². The van der Waals surface area contributed by atoms with Crippen LogP contribution in [0.5, 0.6) is 0 Å². The molecular weight excluding hydrogens is 327 g/mol. The second-order valence-electron chi connectivity index (χ2n) is 6.94. The third-order valence-corrected chi connectivity index (χ3v) is 5.25. The Bertz CT molecular complexity index is 711. The van der Waals surface area contributed by atoms with E-state index in [1.807, 2.05) is 47.4 Å². The third-order valence-electron chi connectivity index (χ3n) is 5.25. The van der Waals surface area contributed by atoms with Crippen molar-refractivity contribution in [2.45, 2.75) is 44.7 Å². The molecule has 2 aromatic carbocycles. The fourth-order valence-electron chi connectivity index (χ4n) is 3.66. The van der Waals surface area contributed by atoms with E-state index in [1.54, 1.807) is 6.07 Å². The number of nitrogens with zero attached hydrogens (tertiary/aromatic N) is 1. The van der Waals surface area contributed by atoms with Crippen LogP contribution in [0.25, 0.3) is 0 Å². The highest BCUT2D eigenvalue weighted by atomic mass is 19.1. The quantitative estimate of drug-likeness (QED) is 0.847. The largest absolute Gasteiger partial charge is 0.342 e. The van der Waals surface area contributed by atoms with E-state index in [-0.39, 0.29) is 17.6 Å². The number of rotatable bonds is 6.